The molecule has 0 unspecified atom stereocenters. The molecule has 1 aliphatic rings. The van der Waals surface area contributed by atoms with Crippen LogP contribution < -0.4 is 10.5 Å². The van der Waals surface area contributed by atoms with Gasteiger partial charge in [-0.25, -0.2) is 9.18 Å². The quantitative estimate of drug-likeness (QED) is 0.849. The second-order valence-corrected chi connectivity index (χ2v) is 5.06. The number of aryl methyl sites for hydroxylation is 2. The Balaban J connectivity index is 1.94. The van der Waals surface area contributed by atoms with E-state index in [2.05, 4.69) is 0 Å². The van der Waals surface area contributed by atoms with Gasteiger partial charge in [-0.2, -0.15) is 0 Å². The number of nitrogen functional groups attached to an aromatic ring is 1. The number of halogens is 1. The summed E-state index contributed by atoms with van der Waals surface area (Å²) in [6.45, 7) is 0. The monoisotopic (exact) mass is 287 g/mol. The number of anilines is 1. The molecule has 21 heavy (non-hydrogen) atoms. The van der Waals surface area contributed by atoms with E-state index in [4.69, 9.17) is 15.6 Å². The van der Waals surface area contributed by atoms with Crippen LogP contribution in [-0.2, 0) is 12.8 Å². The van der Waals surface area contributed by atoms with E-state index in [1.165, 1.54) is 11.1 Å². The molecule has 0 spiro atoms. The molecule has 4 nitrogen and oxygen atoms in total. The van der Waals surface area contributed by atoms with Crippen LogP contribution in [0.25, 0.3) is 0 Å². The number of hydrogen-bond donors (Lipinski definition) is 2. The number of nitrogens with two attached hydrogens (primary N) is 1. The molecule has 0 radical (unpaired) electrons. The van der Waals surface area contributed by atoms with Crippen molar-refractivity contribution in [2.24, 2.45) is 0 Å². The van der Waals surface area contributed by atoms with Crippen molar-refractivity contribution >= 4 is 11.7 Å². The first kappa shape index (κ1) is 13.4. The van der Waals surface area contributed by atoms with Gasteiger partial charge in [-0.3, -0.25) is 0 Å². The van der Waals surface area contributed by atoms with E-state index < -0.39 is 11.8 Å². The van der Waals surface area contributed by atoms with E-state index in [1.54, 1.807) is 6.07 Å². The maximum Gasteiger partial charge on any atom is 0.337 e. The van der Waals surface area contributed by atoms with Gasteiger partial charge >= 0.3 is 5.97 Å². The van der Waals surface area contributed by atoms with Crippen LogP contribution in [0.15, 0.2) is 30.3 Å². The van der Waals surface area contributed by atoms with Crippen molar-refractivity contribution in [2.75, 3.05) is 5.73 Å². The lowest BCUT2D eigenvalue weighted by Crippen LogP contribution is -2.04. The SMILES string of the molecule is Nc1cc(F)c(Oc2ccc3c(c2)CCC3)cc1C(=O)O. The lowest BCUT2D eigenvalue weighted by molar-refractivity contribution is 0.0697. The summed E-state index contributed by atoms with van der Waals surface area (Å²) in [5.74, 6) is -1.54. The number of hydrogen-bond acceptors (Lipinski definition) is 3. The van der Waals surface area contributed by atoms with Gasteiger partial charge in [0.15, 0.2) is 11.6 Å². The molecule has 0 aromatic heterocycles. The summed E-state index contributed by atoms with van der Waals surface area (Å²) in [5.41, 5.74) is 7.66. The molecule has 5 heteroatoms. The van der Waals surface area contributed by atoms with Crippen molar-refractivity contribution < 1.29 is 19.0 Å². The van der Waals surface area contributed by atoms with Crippen LogP contribution in [0.1, 0.15) is 27.9 Å². The molecule has 0 atom stereocenters. The highest BCUT2D eigenvalue weighted by Crippen LogP contribution is 2.32. The molecular formula is C16H14FNO3. The zero-order valence-corrected chi connectivity index (χ0v) is 11.2. The molecule has 0 heterocycles. The Hall–Kier alpha value is -2.56. The summed E-state index contributed by atoms with van der Waals surface area (Å²) < 4.78 is 19.3. The highest BCUT2D eigenvalue weighted by atomic mass is 19.1. The normalized spacial score (nSPS) is 13.0. The first-order valence-electron chi connectivity index (χ1n) is 6.66. The maximum absolute atomic E-state index is 13.9. The fraction of sp³-hybridized carbons (Fsp3) is 0.188. The second-order valence-electron chi connectivity index (χ2n) is 5.06. The van der Waals surface area contributed by atoms with Crippen molar-refractivity contribution in [3.63, 3.8) is 0 Å². The number of fused-ring (bicyclic) bond motifs is 1. The molecule has 0 saturated heterocycles. The minimum atomic E-state index is -1.22. The highest BCUT2D eigenvalue weighted by molar-refractivity contribution is 5.94. The fourth-order valence-corrected chi connectivity index (χ4v) is 2.57. The van der Waals surface area contributed by atoms with Crippen molar-refractivity contribution in [1.29, 1.82) is 0 Å². The molecule has 0 fully saturated rings. The largest absolute Gasteiger partial charge is 0.478 e. The minimum Gasteiger partial charge on any atom is -0.478 e. The Kier molecular flexibility index (Phi) is 3.25. The van der Waals surface area contributed by atoms with Gasteiger partial charge < -0.3 is 15.6 Å². The summed E-state index contributed by atoms with van der Waals surface area (Å²) in [6.07, 6.45) is 3.14. The van der Waals surface area contributed by atoms with Crippen LogP contribution >= 0.6 is 0 Å². The van der Waals surface area contributed by atoms with E-state index in [9.17, 15) is 9.18 Å². The molecule has 108 valence electrons. The summed E-state index contributed by atoms with van der Waals surface area (Å²) in [4.78, 5) is 11.0. The topological polar surface area (TPSA) is 72.5 Å². The average molecular weight is 287 g/mol. The highest BCUT2D eigenvalue weighted by Gasteiger charge is 2.16. The van der Waals surface area contributed by atoms with E-state index in [-0.39, 0.29) is 17.0 Å². The number of ether oxygens (including phenoxy) is 1. The Bertz CT molecular complexity index is 728. The molecule has 0 amide bonds. The van der Waals surface area contributed by atoms with Gasteiger partial charge in [0.1, 0.15) is 5.75 Å². The van der Waals surface area contributed by atoms with Crippen LogP contribution in [0, 0.1) is 5.82 Å². The number of rotatable bonds is 3. The third-order valence-corrected chi connectivity index (χ3v) is 3.63. The number of aromatic carboxylic acids is 1. The lowest BCUT2D eigenvalue weighted by Gasteiger charge is -2.10. The number of benzene rings is 2. The first-order valence-corrected chi connectivity index (χ1v) is 6.66. The van der Waals surface area contributed by atoms with Gasteiger partial charge in [0.05, 0.1) is 5.56 Å². The molecule has 2 aromatic rings. The number of carboxylic acids is 1. The number of carboxylic acid groups (broad SMARTS) is 1. The van der Waals surface area contributed by atoms with Crippen molar-refractivity contribution in [2.45, 2.75) is 19.3 Å². The Morgan fingerprint density at radius 1 is 1.19 bits per heavy atom. The Morgan fingerprint density at radius 3 is 2.71 bits per heavy atom. The first-order chi connectivity index (χ1) is 10.0. The fourth-order valence-electron chi connectivity index (χ4n) is 2.57. The van der Waals surface area contributed by atoms with E-state index in [0.717, 1.165) is 31.4 Å². The van der Waals surface area contributed by atoms with Crippen LogP contribution in [-0.4, -0.2) is 11.1 Å². The smallest absolute Gasteiger partial charge is 0.337 e. The predicted molar refractivity (Wildman–Crippen MR) is 76.3 cm³/mol. The van der Waals surface area contributed by atoms with Crippen molar-refractivity contribution in [3.05, 3.63) is 52.8 Å². The molecule has 0 bridgehead atoms. The van der Waals surface area contributed by atoms with Gasteiger partial charge in [-0.1, -0.05) is 6.07 Å². The third kappa shape index (κ3) is 2.54. The molecule has 0 aliphatic heterocycles. The van der Waals surface area contributed by atoms with E-state index in [0.29, 0.717) is 5.75 Å². The van der Waals surface area contributed by atoms with Crippen LogP contribution in [0.2, 0.25) is 0 Å². The number of carbonyl (C=O) groups is 1. The summed E-state index contributed by atoms with van der Waals surface area (Å²) in [7, 11) is 0. The predicted octanol–water partition coefficient (Wildman–Crippen LogP) is 3.39. The van der Waals surface area contributed by atoms with Gasteiger partial charge in [-0.05, 0) is 42.5 Å². The van der Waals surface area contributed by atoms with Gasteiger partial charge in [0.2, 0.25) is 0 Å². The van der Waals surface area contributed by atoms with E-state index in [1.807, 2.05) is 12.1 Å². The van der Waals surface area contributed by atoms with Gasteiger partial charge in [-0.15, -0.1) is 0 Å². The summed E-state index contributed by atoms with van der Waals surface area (Å²) >= 11 is 0. The average Bonchev–Trinajstić information content (AvgIpc) is 2.88. The Morgan fingerprint density at radius 2 is 1.95 bits per heavy atom. The lowest BCUT2D eigenvalue weighted by atomic mass is 10.1. The van der Waals surface area contributed by atoms with Crippen LogP contribution in [0.3, 0.4) is 0 Å². The minimum absolute atomic E-state index is 0.124. The van der Waals surface area contributed by atoms with E-state index >= 15 is 0 Å². The van der Waals surface area contributed by atoms with Crippen LogP contribution in [0.4, 0.5) is 10.1 Å². The Labute approximate surface area is 121 Å². The molecule has 1 aliphatic carbocycles. The second kappa shape index (κ2) is 5.09. The zero-order chi connectivity index (χ0) is 15.0. The van der Waals surface area contributed by atoms with Crippen molar-refractivity contribution in [3.8, 4) is 11.5 Å². The molecule has 3 rings (SSSR count). The van der Waals surface area contributed by atoms with Crippen LogP contribution in [0.5, 0.6) is 11.5 Å². The molecular weight excluding hydrogens is 273 g/mol. The molecule has 3 N–H and O–H groups in total. The van der Waals surface area contributed by atoms with Crippen molar-refractivity contribution in [1.82, 2.24) is 0 Å². The third-order valence-electron chi connectivity index (χ3n) is 3.63. The van der Waals surface area contributed by atoms with Gasteiger partial charge in [0.25, 0.3) is 0 Å². The summed E-state index contributed by atoms with van der Waals surface area (Å²) in [5, 5.41) is 9.02. The maximum atomic E-state index is 13.9. The molecule has 0 saturated carbocycles. The zero-order valence-electron chi connectivity index (χ0n) is 11.2. The standard InChI is InChI=1S/C16H14FNO3/c17-13-8-14(18)12(16(19)20)7-15(13)21-11-5-4-9-2-1-3-10(9)6-11/h4-8H,1-3,18H2,(H,19,20). The van der Waals surface area contributed by atoms with Gasteiger partial charge in [0, 0.05) is 17.8 Å². The summed E-state index contributed by atoms with van der Waals surface area (Å²) in [6, 6.07) is 7.68. The molecule has 2 aromatic carbocycles.